The van der Waals surface area contributed by atoms with Crippen LogP contribution in [0.25, 0.3) is 11.0 Å². The van der Waals surface area contributed by atoms with Gasteiger partial charge in [-0.1, -0.05) is 30.3 Å². The van der Waals surface area contributed by atoms with Crippen molar-refractivity contribution in [2.75, 3.05) is 6.54 Å². The minimum Gasteiger partial charge on any atom is -0.480 e. The third kappa shape index (κ3) is 3.83. The summed E-state index contributed by atoms with van der Waals surface area (Å²) in [7, 11) is 0. The highest BCUT2D eigenvalue weighted by atomic mass is 16.5. The number of carbonyl (C=O) groups is 1. The van der Waals surface area contributed by atoms with E-state index in [1.54, 1.807) is 19.1 Å². The lowest BCUT2D eigenvalue weighted by atomic mass is 10.0. The Kier molecular flexibility index (Phi) is 5.59. The molecular weight excluding hydrogens is 382 g/mol. The molecule has 0 radical (unpaired) electrons. The third-order valence-corrected chi connectivity index (χ3v) is 5.67. The number of rotatable bonds is 6. The van der Waals surface area contributed by atoms with Gasteiger partial charge in [-0.2, -0.15) is 0 Å². The molecule has 6 heteroatoms. The predicted molar refractivity (Wildman–Crippen MR) is 114 cm³/mol. The van der Waals surface area contributed by atoms with Gasteiger partial charge in [0.05, 0.1) is 6.10 Å². The van der Waals surface area contributed by atoms with E-state index < -0.39 is 12.2 Å². The van der Waals surface area contributed by atoms with Crippen LogP contribution in [0.1, 0.15) is 41.7 Å². The summed E-state index contributed by atoms with van der Waals surface area (Å²) in [6, 6.07) is 12.9. The molecule has 1 aliphatic carbocycles. The van der Waals surface area contributed by atoms with Crippen molar-refractivity contribution in [3.63, 3.8) is 0 Å². The van der Waals surface area contributed by atoms with Crippen LogP contribution in [0.15, 0.2) is 51.7 Å². The van der Waals surface area contributed by atoms with E-state index in [1.165, 1.54) is 0 Å². The van der Waals surface area contributed by atoms with Gasteiger partial charge in [0.1, 0.15) is 11.3 Å². The van der Waals surface area contributed by atoms with Crippen LogP contribution in [0, 0.1) is 6.92 Å². The number of ether oxygens (including phenoxy) is 1. The standard InChI is InChI=1S/C24H25NO5/c1-14-21(12-11-18-17-9-6-10-19(17)24(28)30-22(14)18)29-15(2)23(27)25-13-20(26)16-7-4-3-5-8-16/h3-5,7-8,11-12,15,20,26H,6,9-10,13H2,1-2H3,(H,25,27)/t15-,20+/m1/s1. The summed E-state index contributed by atoms with van der Waals surface area (Å²) in [6.07, 6.45) is 1.03. The summed E-state index contributed by atoms with van der Waals surface area (Å²) in [4.78, 5) is 24.7. The van der Waals surface area contributed by atoms with Gasteiger partial charge in [-0.15, -0.1) is 0 Å². The molecule has 0 bridgehead atoms. The van der Waals surface area contributed by atoms with Crippen molar-refractivity contribution in [1.82, 2.24) is 5.32 Å². The molecule has 2 atom stereocenters. The number of hydrogen-bond donors (Lipinski definition) is 2. The largest absolute Gasteiger partial charge is 0.480 e. The summed E-state index contributed by atoms with van der Waals surface area (Å²) in [6.45, 7) is 3.56. The summed E-state index contributed by atoms with van der Waals surface area (Å²) in [5.74, 6) is 0.162. The van der Waals surface area contributed by atoms with E-state index in [0.717, 1.165) is 41.3 Å². The normalized spacial score (nSPS) is 14.9. The second-order valence-corrected chi connectivity index (χ2v) is 7.70. The van der Waals surface area contributed by atoms with Gasteiger partial charge in [-0.25, -0.2) is 4.79 Å². The maximum atomic E-state index is 12.4. The number of aryl methyl sites for hydroxylation is 2. The predicted octanol–water partition coefficient (Wildman–Crippen LogP) is 3.21. The number of amides is 1. The maximum absolute atomic E-state index is 12.4. The van der Waals surface area contributed by atoms with E-state index in [2.05, 4.69) is 5.32 Å². The first-order valence-corrected chi connectivity index (χ1v) is 10.2. The highest BCUT2D eigenvalue weighted by Crippen LogP contribution is 2.33. The number of benzene rings is 2. The molecule has 0 aliphatic heterocycles. The van der Waals surface area contributed by atoms with Crippen LogP contribution in [0.2, 0.25) is 0 Å². The number of aliphatic hydroxyl groups is 1. The van der Waals surface area contributed by atoms with Crippen molar-refractivity contribution in [3.8, 4) is 5.75 Å². The van der Waals surface area contributed by atoms with Gasteiger partial charge in [-0.3, -0.25) is 4.79 Å². The van der Waals surface area contributed by atoms with Crippen molar-refractivity contribution < 1.29 is 19.1 Å². The van der Waals surface area contributed by atoms with Crippen molar-refractivity contribution in [3.05, 3.63) is 75.1 Å². The summed E-state index contributed by atoms with van der Waals surface area (Å²) in [5, 5.41) is 13.9. The van der Waals surface area contributed by atoms with E-state index >= 15 is 0 Å². The average molecular weight is 407 g/mol. The van der Waals surface area contributed by atoms with Crippen LogP contribution in [0.5, 0.6) is 5.75 Å². The Hall–Kier alpha value is -3.12. The molecule has 1 amide bonds. The molecule has 0 saturated heterocycles. The maximum Gasteiger partial charge on any atom is 0.339 e. The van der Waals surface area contributed by atoms with E-state index in [4.69, 9.17) is 9.15 Å². The zero-order chi connectivity index (χ0) is 21.3. The lowest BCUT2D eigenvalue weighted by Gasteiger charge is -2.18. The Morgan fingerprint density at radius 2 is 1.90 bits per heavy atom. The van der Waals surface area contributed by atoms with E-state index in [1.807, 2.05) is 37.3 Å². The first-order chi connectivity index (χ1) is 14.5. The average Bonchev–Trinajstić information content (AvgIpc) is 3.25. The van der Waals surface area contributed by atoms with Crippen LogP contribution in [0.4, 0.5) is 0 Å². The molecule has 0 saturated carbocycles. The minimum absolute atomic E-state index is 0.0915. The zero-order valence-corrected chi connectivity index (χ0v) is 17.1. The van der Waals surface area contributed by atoms with Crippen molar-refractivity contribution in [2.24, 2.45) is 0 Å². The first-order valence-electron chi connectivity index (χ1n) is 10.2. The Bertz CT molecular complexity index is 1140. The topological polar surface area (TPSA) is 88.8 Å². The fourth-order valence-electron chi connectivity index (χ4n) is 3.97. The fourth-order valence-corrected chi connectivity index (χ4v) is 3.97. The Labute approximate surface area is 174 Å². The fraction of sp³-hybridized carbons (Fsp3) is 0.333. The van der Waals surface area contributed by atoms with Crippen LogP contribution < -0.4 is 15.7 Å². The van der Waals surface area contributed by atoms with Crippen molar-refractivity contribution in [2.45, 2.75) is 45.3 Å². The number of nitrogens with one attached hydrogen (secondary N) is 1. The summed E-state index contributed by atoms with van der Waals surface area (Å²) >= 11 is 0. The molecule has 3 aromatic rings. The molecule has 1 aromatic heterocycles. The van der Waals surface area contributed by atoms with Crippen molar-refractivity contribution >= 4 is 16.9 Å². The second kappa shape index (κ2) is 8.32. The minimum atomic E-state index is -0.791. The van der Waals surface area contributed by atoms with Crippen LogP contribution in [0.3, 0.4) is 0 Å². The Morgan fingerprint density at radius 1 is 1.17 bits per heavy atom. The van der Waals surface area contributed by atoms with Gasteiger partial charge < -0.3 is 19.6 Å². The second-order valence-electron chi connectivity index (χ2n) is 7.70. The lowest BCUT2D eigenvalue weighted by Crippen LogP contribution is -2.38. The molecule has 30 heavy (non-hydrogen) atoms. The monoisotopic (exact) mass is 407 g/mol. The molecule has 1 heterocycles. The molecule has 4 rings (SSSR count). The van der Waals surface area contributed by atoms with Crippen LogP contribution in [-0.2, 0) is 17.6 Å². The van der Waals surface area contributed by atoms with Gasteiger partial charge in [-0.05, 0) is 56.4 Å². The zero-order valence-electron chi connectivity index (χ0n) is 17.1. The molecule has 0 fully saturated rings. The SMILES string of the molecule is Cc1c(O[C@H](C)C(=O)NC[C@H](O)c2ccccc2)ccc2c3c(c(=O)oc12)CCC3. The van der Waals surface area contributed by atoms with E-state index in [-0.39, 0.29) is 18.1 Å². The van der Waals surface area contributed by atoms with E-state index in [9.17, 15) is 14.7 Å². The van der Waals surface area contributed by atoms with Crippen LogP contribution >= 0.6 is 0 Å². The number of fused-ring (bicyclic) bond motifs is 3. The molecular formula is C24H25NO5. The van der Waals surface area contributed by atoms with Gasteiger partial charge in [0.2, 0.25) is 0 Å². The Balaban J connectivity index is 1.47. The van der Waals surface area contributed by atoms with Gasteiger partial charge in [0, 0.05) is 23.1 Å². The Morgan fingerprint density at radius 3 is 2.67 bits per heavy atom. The molecule has 0 spiro atoms. The quantitative estimate of drug-likeness (QED) is 0.613. The van der Waals surface area contributed by atoms with Gasteiger partial charge in [0.15, 0.2) is 6.10 Å². The highest BCUT2D eigenvalue weighted by Gasteiger charge is 2.23. The molecule has 2 aromatic carbocycles. The smallest absolute Gasteiger partial charge is 0.339 e. The number of aliphatic hydroxyl groups excluding tert-OH is 1. The summed E-state index contributed by atoms with van der Waals surface area (Å²) in [5.41, 5.74) is 3.51. The number of hydrogen-bond acceptors (Lipinski definition) is 5. The van der Waals surface area contributed by atoms with E-state index in [0.29, 0.717) is 16.9 Å². The lowest BCUT2D eigenvalue weighted by molar-refractivity contribution is -0.127. The van der Waals surface area contributed by atoms with Gasteiger partial charge >= 0.3 is 5.63 Å². The molecule has 156 valence electrons. The van der Waals surface area contributed by atoms with Crippen LogP contribution in [-0.4, -0.2) is 23.7 Å². The highest BCUT2D eigenvalue weighted by molar-refractivity contribution is 5.86. The molecule has 6 nitrogen and oxygen atoms in total. The molecule has 2 N–H and O–H groups in total. The van der Waals surface area contributed by atoms with Crippen molar-refractivity contribution in [1.29, 1.82) is 0 Å². The first kappa shape index (κ1) is 20.2. The molecule has 1 aliphatic rings. The molecule has 0 unspecified atom stereocenters. The van der Waals surface area contributed by atoms with Gasteiger partial charge in [0.25, 0.3) is 5.91 Å². The summed E-state index contributed by atoms with van der Waals surface area (Å²) < 4.78 is 11.4. The third-order valence-electron chi connectivity index (χ3n) is 5.67. The number of carbonyl (C=O) groups excluding carboxylic acids is 1.